The van der Waals surface area contributed by atoms with Crippen molar-refractivity contribution in [3.63, 3.8) is 0 Å². The van der Waals surface area contributed by atoms with Crippen LogP contribution in [0.25, 0.3) is 0 Å². The Bertz CT molecular complexity index is 583. The van der Waals surface area contributed by atoms with Gasteiger partial charge in [0.1, 0.15) is 0 Å². The van der Waals surface area contributed by atoms with Crippen molar-refractivity contribution in [3.8, 4) is 0 Å². The zero-order valence-electron chi connectivity index (χ0n) is 19.4. The molecule has 1 aliphatic heterocycles. The highest BCUT2D eigenvalue weighted by Gasteiger charge is 2.65. The lowest BCUT2D eigenvalue weighted by Gasteiger charge is -2.60. The Morgan fingerprint density at radius 2 is 1.75 bits per heavy atom. The van der Waals surface area contributed by atoms with Crippen LogP contribution in [0.1, 0.15) is 105 Å². The number of ether oxygens (including phenoxy) is 1. The van der Waals surface area contributed by atoms with Crippen LogP contribution in [0.3, 0.4) is 0 Å². The van der Waals surface area contributed by atoms with Gasteiger partial charge in [-0.2, -0.15) is 0 Å². The van der Waals surface area contributed by atoms with Crippen LogP contribution in [0.2, 0.25) is 0 Å². The van der Waals surface area contributed by atoms with Crippen LogP contribution in [0.5, 0.6) is 0 Å². The van der Waals surface area contributed by atoms with Gasteiger partial charge in [-0.1, -0.05) is 47.5 Å². The van der Waals surface area contributed by atoms with Crippen LogP contribution in [-0.2, 0) is 4.74 Å². The second-order valence-electron chi connectivity index (χ2n) is 12.8. The first kappa shape index (κ1) is 19.9. The predicted molar refractivity (Wildman–Crippen MR) is 117 cm³/mol. The van der Waals surface area contributed by atoms with Crippen LogP contribution in [0.4, 0.5) is 0 Å². The maximum atomic E-state index is 6.82. The molecule has 9 unspecified atom stereocenters. The summed E-state index contributed by atoms with van der Waals surface area (Å²) < 4.78 is 6.82. The van der Waals surface area contributed by atoms with Crippen molar-refractivity contribution in [2.75, 3.05) is 0 Å². The van der Waals surface area contributed by atoms with E-state index in [-0.39, 0.29) is 0 Å². The second kappa shape index (κ2) is 7.00. The van der Waals surface area contributed by atoms with E-state index in [9.17, 15) is 0 Å². The first-order chi connectivity index (χ1) is 13.3. The quantitative estimate of drug-likeness (QED) is 0.488. The number of rotatable bonds is 3. The summed E-state index contributed by atoms with van der Waals surface area (Å²) in [5.41, 5.74) is 1.24. The van der Waals surface area contributed by atoms with E-state index in [0.717, 1.165) is 41.4 Å². The summed E-state index contributed by atoms with van der Waals surface area (Å²) in [5, 5.41) is 0. The first-order valence-corrected chi connectivity index (χ1v) is 13.0. The summed E-state index contributed by atoms with van der Waals surface area (Å²) in [6, 6.07) is 0. The van der Waals surface area contributed by atoms with Gasteiger partial charge in [0.15, 0.2) is 0 Å². The lowest BCUT2D eigenvalue weighted by molar-refractivity contribution is -0.115. The highest BCUT2D eigenvalue weighted by atomic mass is 16.5. The average Bonchev–Trinajstić information content (AvgIpc) is 3.13. The molecule has 0 spiro atoms. The van der Waals surface area contributed by atoms with Gasteiger partial charge >= 0.3 is 0 Å². The molecule has 1 saturated heterocycles. The monoisotopic (exact) mass is 386 g/mol. The minimum Gasteiger partial charge on any atom is -0.374 e. The van der Waals surface area contributed by atoms with Gasteiger partial charge in [0.25, 0.3) is 0 Å². The molecule has 5 aliphatic rings. The van der Waals surface area contributed by atoms with Crippen LogP contribution in [0.15, 0.2) is 0 Å². The third-order valence-electron chi connectivity index (χ3n) is 11.2. The molecule has 0 N–H and O–H groups in total. The zero-order chi connectivity index (χ0) is 19.7. The Balaban J connectivity index is 1.35. The van der Waals surface area contributed by atoms with Crippen molar-refractivity contribution >= 4 is 0 Å². The Kier molecular flexibility index (Phi) is 4.97. The summed E-state index contributed by atoms with van der Waals surface area (Å²) in [6.07, 6.45) is 17.3. The lowest BCUT2D eigenvalue weighted by Crippen LogP contribution is -2.53. The molecule has 0 bridgehead atoms. The zero-order valence-corrected chi connectivity index (χ0v) is 19.4. The molecule has 0 aromatic rings. The van der Waals surface area contributed by atoms with E-state index in [1.165, 1.54) is 70.6 Å². The van der Waals surface area contributed by atoms with Gasteiger partial charge in [-0.05, 0) is 110 Å². The molecule has 5 rings (SSSR count). The van der Waals surface area contributed by atoms with Gasteiger partial charge < -0.3 is 4.74 Å². The third-order valence-corrected chi connectivity index (χ3v) is 11.2. The molecule has 10 atom stereocenters. The fraction of sp³-hybridized carbons (Fsp3) is 1.00. The first-order valence-electron chi connectivity index (χ1n) is 13.0. The molecular formula is C27H46O. The minimum absolute atomic E-state index is 0.541. The fourth-order valence-corrected chi connectivity index (χ4v) is 9.81. The molecular weight excluding hydrogens is 340 g/mol. The molecule has 1 heterocycles. The molecule has 1 heteroatoms. The van der Waals surface area contributed by atoms with Gasteiger partial charge in [-0.25, -0.2) is 0 Å². The average molecular weight is 387 g/mol. The Morgan fingerprint density at radius 3 is 2.54 bits per heavy atom. The maximum Gasteiger partial charge on any atom is 0.0618 e. The smallest absolute Gasteiger partial charge is 0.0618 e. The van der Waals surface area contributed by atoms with E-state index < -0.39 is 0 Å². The SMILES string of the molecule is CC(C)CCC1OC2CC3C4CCC5CCCCC5(C)C4CCC3(C)C2[C@@H]1C. The largest absolute Gasteiger partial charge is 0.374 e. The predicted octanol–water partition coefficient (Wildman–Crippen LogP) is 7.49. The molecule has 5 fully saturated rings. The lowest BCUT2D eigenvalue weighted by atomic mass is 9.44. The summed E-state index contributed by atoms with van der Waals surface area (Å²) in [7, 11) is 0. The number of fused-ring (bicyclic) bond motifs is 7. The maximum absolute atomic E-state index is 6.82. The van der Waals surface area contributed by atoms with Crippen molar-refractivity contribution < 1.29 is 4.74 Å². The fourth-order valence-electron chi connectivity index (χ4n) is 9.81. The van der Waals surface area contributed by atoms with Crippen LogP contribution in [0, 0.1) is 52.3 Å². The Morgan fingerprint density at radius 1 is 0.929 bits per heavy atom. The van der Waals surface area contributed by atoms with Crippen LogP contribution >= 0.6 is 0 Å². The van der Waals surface area contributed by atoms with Crippen molar-refractivity contribution in [2.45, 2.75) is 117 Å². The highest BCUT2D eigenvalue weighted by Crippen LogP contribution is 2.70. The molecule has 28 heavy (non-hydrogen) atoms. The van der Waals surface area contributed by atoms with E-state index in [2.05, 4.69) is 34.6 Å². The summed E-state index contributed by atoms with van der Waals surface area (Å²) in [6.45, 7) is 12.7. The summed E-state index contributed by atoms with van der Waals surface area (Å²) in [5.74, 6) is 6.45. The highest BCUT2D eigenvalue weighted by molar-refractivity contribution is 5.13. The van der Waals surface area contributed by atoms with Gasteiger partial charge in [-0.15, -0.1) is 0 Å². The normalized spacial score (nSPS) is 55.5. The van der Waals surface area contributed by atoms with E-state index >= 15 is 0 Å². The van der Waals surface area contributed by atoms with Crippen LogP contribution < -0.4 is 0 Å². The molecule has 0 radical (unpaired) electrons. The van der Waals surface area contributed by atoms with Crippen molar-refractivity contribution in [2.24, 2.45) is 52.3 Å². The number of hydrogen-bond acceptors (Lipinski definition) is 1. The van der Waals surface area contributed by atoms with E-state index in [4.69, 9.17) is 4.74 Å². The Hall–Kier alpha value is -0.0400. The van der Waals surface area contributed by atoms with Gasteiger partial charge in [0, 0.05) is 0 Å². The van der Waals surface area contributed by atoms with E-state index in [1.54, 1.807) is 0 Å². The van der Waals surface area contributed by atoms with Crippen molar-refractivity contribution in [1.82, 2.24) is 0 Å². The topological polar surface area (TPSA) is 9.23 Å². The third kappa shape index (κ3) is 2.80. The molecule has 1 nitrogen and oxygen atoms in total. The Labute approximate surface area is 174 Å². The molecule has 0 aromatic carbocycles. The molecule has 160 valence electrons. The number of hydrogen-bond donors (Lipinski definition) is 0. The van der Waals surface area contributed by atoms with Crippen molar-refractivity contribution in [3.05, 3.63) is 0 Å². The van der Waals surface area contributed by atoms with Gasteiger partial charge in [0.05, 0.1) is 12.2 Å². The molecule has 0 aromatic heterocycles. The minimum atomic E-state index is 0.541. The van der Waals surface area contributed by atoms with Crippen molar-refractivity contribution in [1.29, 1.82) is 0 Å². The second-order valence-corrected chi connectivity index (χ2v) is 12.8. The molecule has 0 amide bonds. The summed E-state index contributed by atoms with van der Waals surface area (Å²) >= 11 is 0. The molecule has 4 aliphatic carbocycles. The van der Waals surface area contributed by atoms with Gasteiger partial charge in [0.2, 0.25) is 0 Å². The van der Waals surface area contributed by atoms with Gasteiger partial charge in [-0.3, -0.25) is 0 Å². The van der Waals surface area contributed by atoms with Crippen LogP contribution in [-0.4, -0.2) is 12.2 Å². The van der Waals surface area contributed by atoms with E-state index in [1.807, 2.05) is 0 Å². The van der Waals surface area contributed by atoms with E-state index in [0.29, 0.717) is 23.0 Å². The standard InChI is InChI=1S/C27H46O/c1-17(2)9-12-23-18(3)25-24(28-23)16-22-20-11-10-19-8-6-7-14-26(19,4)21(20)13-15-27(22,25)5/h17-25H,6-16H2,1-5H3/t18-,19?,20?,21?,22?,23?,24?,25?,26?,27?/m1/s1. The molecule has 4 saturated carbocycles. The summed E-state index contributed by atoms with van der Waals surface area (Å²) in [4.78, 5) is 0.